The van der Waals surface area contributed by atoms with Gasteiger partial charge in [-0.1, -0.05) is 68.4 Å². The largest absolute Gasteiger partial charge is 0.394 e. The number of hydrogen-bond donors (Lipinski definition) is 3. The summed E-state index contributed by atoms with van der Waals surface area (Å²) in [6.45, 7) is 14.9. The van der Waals surface area contributed by atoms with Crippen molar-refractivity contribution in [3.05, 3.63) is 107 Å². The highest BCUT2D eigenvalue weighted by molar-refractivity contribution is 6.32. The van der Waals surface area contributed by atoms with Gasteiger partial charge in [-0.2, -0.15) is 0 Å². The fraction of sp³-hybridized carbons (Fsp3) is 0.214. The van der Waals surface area contributed by atoms with Crippen LogP contribution >= 0.6 is 11.6 Å². The molecule has 0 aromatic heterocycles. The molecule has 3 aromatic carbocycles. The first kappa shape index (κ1) is 23.8. The molecule has 1 fully saturated rings. The molecule has 0 spiro atoms. The fourth-order valence-corrected chi connectivity index (χ4v) is 4.91. The monoisotopic (exact) mass is 479 g/mol. The normalized spacial score (nSPS) is 18.3. The van der Waals surface area contributed by atoms with Crippen LogP contribution < -0.4 is 16.4 Å². The van der Waals surface area contributed by atoms with Crippen LogP contribution in [0.5, 0.6) is 0 Å². The number of nitrogen functional groups attached to an aromatic ring is 1. The number of hydrogen-bond acceptors (Lipinski definition) is 3. The summed E-state index contributed by atoms with van der Waals surface area (Å²) in [6, 6.07) is 16.4. The molecular weight excluding hydrogens is 452 g/mol. The van der Waals surface area contributed by atoms with Crippen molar-refractivity contribution in [1.82, 2.24) is 0 Å². The second-order valence-corrected chi connectivity index (χ2v) is 9.87. The summed E-state index contributed by atoms with van der Waals surface area (Å²) in [5.41, 5.74) is 10.2. The van der Waals surface area contributed by atoms with Gasteiger partial charge in [0.15, 0.2) is 5.82 Å². The van der Waals surface area contributed by atoms with Gasteiger partial charge in [0, 0.05) is 28.6 Å². The van der Waals surface area contributed by atoms with Gasteiger partial charge in [-0.05, 0) is 54.2 Å². The van der Waals surface area contributed by atoms with Gasteiger partial charge in [0.2, 0.25) is 0 Å². The third kappa shape index (κ3) is 4.40. The molecule has 0 amide bonds. The van der Waals surface area contributed by atoms with E-state index in [4.69, 9.17) is 17.3 Å². The molecule has 3 nitrogen and oxygen atoms in total. The predicted molar refractivity (Wildman–Crippen MR) is 139 cm³/mol. The number of anilines is 3. The van der Waals surface area contributed by atoms with Crippen LogP contribution in [0, 0.1) is 29.9 Å². The summed E-state index contributed by atoms with van der Waals surface area (Å²) in [5.74, 6) is -1.04. The Balaban J connectivity index is 1.51. The highest BCUT2D eigenvalue weighted by atomic mass is 35.5. The van der Waals surface area contributed by atoms with E-state index in [0.717, 1.165) is 17.5 Å². The Hall–Kier alpha value is -3.31. The molecule has 176 valence electrons. The minimum absolute atomic E-state index is 0.0170. The lowest BCUT2D eigenvalue weighted by atomic mass is 10.0. The highest BCUT2D eigenvalue weighted by Gasteiger charge is 2.59. The second kappa shape index (κ2) is 8.80. The zero-order valence-electron chi connectivity index (χ0n) is 19.5. The van der Waals surface area contributed by atoms with Crippen molar-refractivity contribution in [1.29, 1.82) is 0 Å². The zero-order valence-corrected chi connectivity index (χ0v) is 20.2. The van der Waals surface area contributed by atoms with Crippen LogP contribution in [0.4, 0.5) is 25.8 Å². The summed E-state index contributed by atoms with van der Waals surface area (Å²) in [4.78, 5) is 0. The number of aryl methyl sites for hydroxylation is 1. The SMILES string of the molecule is C=C(Nc1ccc(F)c(N)c1F)c1cc(NC(=C)C2C(c3ccc(C)cc3)C2(C)C)ccc1Cl. The minimum Gasteiger partial charge on any atom is -0.394 e. The van der Waals surface area contributed by atoms with Crippen LogP contribution in [0.1, 0.15) is 36.5 Å². The van der Waals surface area contributed by atoms with Gasteiger partial charge in [-0.25, -0.2) is 8.78 Å². The van der Waals surface area contributed by atoms with E-state index in [9.17, 15) is 8.78 Å². The molecule has 1 aliphatic carbocycles. The summed E-state index contributed by atoms with van der Waals surface area (Å²) >= 11 is 6.40. The van der Waals surface area contributed by atoms with Crippen molar-refractivity contribution < 1.29 is 8.78 Å². The lowest BCUT2D eigenvalue weighted by Gasteiger charge is -2.16. The molecule has 1 saturated carbocycles. The topological polar surface area (TPSA) is 50.1 Å². The van der Waals surface area contributed by atoms with Gasteiger partial charge in [-0.15, -0.1) is 0 Å². The van der Waals surface area contributed by atoms with Gasteiger partial charge in [0.25, 0.3) is 0 Å². The Labute approximate surface area is 204 Å². The van der Waals surface area contributed by atoms with Gasteiger partial charge in [0.05, 0.1) is 10.7 Å². The first-order valence-electron chi connectivity index (χ1n) is 11.0. The van der Waals surface area contributed by atoms with Crippen LogP contribution in [0.25, 0.3) is 5.70 Å². The Morgan fingerprint density at radius 3 is 2.35 bits per heavy atom. The van der Waals surface area contributed by atoms with E-state index in [1.807, 2.05) is 12.1 Å². The number of nitrogens with two attached hydrogens (primary N) is 1. The van der Waals surface area contributed by atoms with Crippen LogP contribution in [0.3, 0.4) is 0 Å². The minimum atomic E-state index is -0.877. The maximum Gasteiger partial charge on any atom is 0.172 e. The van der Waals surface area contributed by atoms with E-state index in [0.29, 0.717) is 22.2 Å². The molecule has 0 saturated heterocycles. The maximum atomic E-state index is 14.3. The number of halogens is 3. The van der Waals surface area contributed by atoms with Crippen molar-refractivity contribution in [3.63, 3.8) is 0 Å². The Morgan fingerprint density at radius 1 is 1.00 bits per heavy atom. The fourth-order valence-electron chi connectivity index (χ4n) is 4.68. The Kier molecular flexibility index (Phi) is 6.17. The summed E-state index contributed by atoms with van der Waals surface area (Å²) in [6.07, 6.45) is 0. The molecule has 3 aromatic rings. The lowest BCUT2D eigenvalue weighted by Crippen LogP contribution is -2.06. The van der Waals surface area contributed by atoms with E-state index in [-0.39, 0.29) is 17.0 Å². The third-order valence-electron chi connectivity index (χ3n) is 6.65. The predicted octanol–water partition coefficient (Wildman–Crippen LogP) is 7.96. The number of rotatable bonds is 7. The zero-order chi connectivity index (χ0) is 24.8. The van der Waals surface area contributed by atoms with E-state index >= 15 is 0 Å². The molecule has 0 bridgehead atoms. The van der Waals surface area contributed by atoms with Gasteiger partial charge in [-0.3, -0.25) is 0 Å². The molecule has 2 unspecified atom stereocenters. The van der Waals surface area contributed by atoms with E-state index in [1.54, 1.807) is 6.07 Å². The number of allylic oxidation sites excluding steroid dienone is 1. The average molecular weight is 480 g/mol. The molecule has 1 aliphatic rings. The van der Waals surface area contributed by atoms with Crippen molar-refractivity contribution in [3.8, 4) is 0 Å². The molecule has 0 radical (unpaired) electrons. The molecule has 4 N–H and O–H groups in total. The van der Waals surface area contributed by atoms with Crippen LogP contribution in [-0.2, 0) is 0 Å². The van der Waals surface area contributed by atoms with Crippen molar-refractivity contribution in [2.45, 2.75) is 26.7 Å². The Bertz CT molecular complexity index is 1280. The van der Waals surface area contributed by atoms with Crippen molar-refractivity contribution in [2.24, 2.45) is 11.3 Å². The molecule has 2 atom stereocenters. The molecule has 6 heteroatoms. The van der Waals surface area contributed by atoms with Crippen LogP contribution in [-0.4, -0.2) is 0 Å². The highest BCUT2D eigenvalue weighted by Crippen LogP contribution is 2.67. The summed E-state index contributed by atoms with van der Waals surface area (Å²) in [7, 11) is 0. The van der Waals surface area contributed by atoms with Crippen LogP contribution in [0.2, 0.25) is 5.02 Å². The first-order valence-corrected chi connectivity index (χ1v) is 11.4. The molecule has 34 heavy (non-hydrogen) atoms. The van der Waals surface area contributed by atoms with Crippen molar-refractivity contribution in [2.75, 3.05) is 16.4 Å². The van der Waals surface area contributed by atoms with Crippen LogP contribution in [0.15, 0.2) is 73.5 Å². The third-order valence-corrected chi connectivity index (χ3v) is 6.98. The van der Waals surface area contributed by atoms with E-state index < -0.39 is 17.3 Å². The van der Waals surface area contributed by atoms with Gasteiger partial charge >= 0.3 is 0 Å². The standard InChI is InChI=1S/C28H28ClF2N3/c1-15-6-8-18(9-7-15)25-24(28(25,4)5)17(3)33-19-10-11-21(29)20(14-19)16(2)34-23-13-12-22(30)27(32)26(23)31/h6-14,24-25,33-34H,2-3,32H2,1,4-5H3. The number of nitrogens with one attached hydrogen (secondary N) is 2. The summed E-state index contributed by atoms with van der Waals surface area (Å²) in [5, 5.41) is 6.70. The van der Waals surface area contributed by atoms with Gasteiger partial charge < -0.3 is 16.4 Å². The quantitative estimate of drug-likeness (QED) is 0.301. The molecule has 0 heterocycles. The smallest absolute Gasteiger partial charge is 0.172 e. The molecule has 4 rings (SSSR count). The van der Waals surface area contributed by atoms with Gasteiger partial charge in [0.1, 0.15) is 11.5 Å². The molecular formula is C28H28ClF2N3. The lowest BCUT2D eigenvalue weighted by molar-refractivity contribution is 0.585. The average Bonchev–Trinajstić information content (AvgIpc) is 3.37. The Morgan fingerprint density at radius 2 is 1.68 bits per heavy atom. The molecule has 0 aliphatic heterocycles. The number of benzene rings is 3. The van der Waals surface area contributed by atoms with E-state index in [2.05, 4.69) is 68.8 Å². The summed E-state index contributed by atoms with van der Waals surface area (Å²) < 4.78 is 27.8. The maximum absolute atomic E-state index is 14.3. The van der Waals surface area contributed by atoms with E-state index in [1.165, 1.54) is 17.2 Å². The first-order chi connectivity index (χ1) is 16.0. The van der Waals surface area contributed by atoms with Crippen molar-refractivity contribution >= 4 is 34.4 Å². The second-order valence-electron chi connectivity index (χ2n) is 9.46.